The van der Waals surface area contributed by atoms with Crippen LogP contribution in [0.2, 0.25) is 0 Å². The molecule has 0 saturated heterocycles. The van der Waals surface area contributed by atoms with Gasteiger partial charge in [-0.3, -0.25) is 0 Å². The maximum absolute atomic E-state index is 12.1. The van der Waals surface area contributed by atoms with Gasteiger partial charge in [0.15, 0.2) is 0 Å². The van der Waals surface area contributed by atoms with Crippen molar-refractivity contribution in [3.05, 3.63) is 63.2 Å². The summed E-state index contributed by atoms with van der Waals surface area (Å²) in [6, 6.07) is 14.6. The van der Waals surface area contributed by atoms with E-state index in [1.807, 2.05) is 38.1 Å². The molecule has 2 aromatic carbocycles. The van der Waals surface area contributed by atoms with Crippen molar-refractivity contribution in [3.8, 4) is 0 Å². The molecular weight excluding hydrogens is 373 g/mol. The van der Waals surface area contributed by atoms with Crippen molar-refractivity contribution in [1.29, 1.82) is 0 Å². The average Bonchev–Trinajstić information content (AvgIpc) is 2.37. The van der Waals surface area contributed by atoms with Crippen molar-refractivity contribution in [2.75, 3.05) is 0 Å². The summed E-state index contributed by atoms with van der Waals surface area (Å²) in [4.78, 5) is 0.269. The first-order valence-electron chi connectivity index (χ1n) is 5.72. The molecule has 3 nitrogen and oxygen atoms in total. The molecule has 0 aliphatic carbocycles. The van der Waals surface area contributed by atoms with Gasteiger partial charge in [-0.25, -0.2) is 0 Å². The van der Waals surface area contributed by atoms with E-state index >= 15 is 0 Å². The van der Waals surface area contributed by atoms with Crippen molar-refractivity contribution in [1.82, 2.24) is 0 Å². The molecule has 0 atom stereocenters. The van der Waals surface area contributed by atoms with E-state index in [4.69, 9.17) is 0 Å². The summed E-state index contributed by atoms with van der Waals surface area (Å²) in [6.45, 7) is 3.91. The van der Waals surface area contributed by atoms with Gasteiger partial charge in [0.25, 0.3) is 10.0 Å². The first kappa shape index (κ1) is 14.3. The smallest absolute Gasteiger partial charge is 0.199 e. The molecule has 2 aromatic rings. The number of rotatable bonds is 3. The van der Waals surface area contributed by atoms with Gasteiger partial charge in [-0.2, -0.15) is 8.42 Å². The van der Waals surface area contributed by atoms with Crippen LogP contribution in [0, 0.1) is 17.4 Å². The van der Waals surface area contributed by atoms with Crippen LogP contribution in [0.25, 0.3) is 0 Å². The molecule has 100 valence electrons. The van der Waals surface area contributed by atoms with Gasteiger partial charge in [-0.15, -0.1) is 2.55 Å². The van der Waals surface area contributed by atoms with E-state index in [2.05, 4.69) is 2.55 Å². The highest BCUT2D eigenvalue weighted by Crippen LogP contribution is 2.21. The third-order valence-corrected chi connectivity index (χ3v) is 7.02. The molecule has 19 heavy (non-hydrogen) atoms. The Morgan fingerprint density at radius 2 is 1.63 bits per heavy atom. The van der Waals surface area contributed by atoms with Gasteiger partial charge in [0.05, 0.1) is 4.90 Å². The number of hydrogen-bond donors (Lipinski definition) is 0. The molecule has 0 fully saturated rings. The number of sulfonamides is 1. The number of aryl methyl sites for hydroxylation is 2. The molecule has 0 N–H and O–H groups in total. The van der Waals surface area contributed by atoms with Gasteiger partial charge in [0.2, 0.25) is 0 Å². The van der Waals surface area contributed by atoms with Crippen LogP contribution in [-0.2, 0) is 10.0 Å². The molecule has 0 saturated carbocycles. The van der Waals surface area contributed by atoms with E-state index in [1.165, 1.54) is 0 Å². The van der Waals surface area contributed by atoms with E-state index in [1.54, 1.807) is 24.3 Å². The van der Waals surface area contributed by atoms with E-state index < -0.39 is 31.1 Å². The topological polar surface area (TPSA) is 46.5 Å². The molecule has 0 aromatic heterocycles. The SMILES string of the molecule is Cc1ccc(S(=O)(=O)N=Ic2cccc(C)c2)cc1. The number of nitrogens with zero attached hydrogens (tertiary/aromatic N) is 1. The minimum atomic E-state index is -3.51. The van der Waals surface area contributed by atoms with Gasteiger partial charge in [-0.05, 0) is 38.1 Å². The van der Waals surface area contributed by atoms with Crippen LogP contribution in [0.5, 0.6) is 0 Å². The highest BCUT2D eigenvalue weighted by Gasteiger charge is 2.11. The Kier molecular flexibility index (Phi) is 4.46. The van der Waals surface area contributed by atoms with Crippen molar-refractivity contribution in [2.45, 2.75) is 18.7 Å². The fraction of sp³-hybridized carbons (Fsp3) is 0.143. The zero-order valence-corrected chi connectivity index (χ0v) is 13.6. The minimum absolute atomic E-state index is 0.269. The molecular formula is C14H14INO2S. The zero-order valence-electron chi connectivity index (χ0n) is 10.7. The number of benzene rings is 2. The van der Waals surface area contributed by atoms with Crippen molar-refractivity contribution in [3.63, 3.8) is 0 Å². The fourth-order valence-corrected chi connectivity index (χ4v) is 5.36. The Hall–Kier alpha value is -1.08. The average molecular weight is 387 g/mol. The standard InChI is InChI=1S/C14H14INO2S/c1-11-6-8-14(9-7-11)19(17,18)16-15-13-5-3-4-12(2)10-13/h3-10H,1-2H3. The van der Waals surface area contributed by atoms with E-state index in [0.717, 1.165) is 14.7 Å². The lowest BCUT2D eigenvalue weighted by molar-refractivity contribution is 0.599. The van der Waals surface area contributed by atoms with Crippen LogP contribution >= 0.6 is 21.0 Å². The van der Waals surface area contributed by atoms with Crippen LogP contribution in [-0.4, -0.2) is 8.42 Å². The van der Waals surface area contributed by atoms with Crippen LogP contribution in [0.1, 0.15) is 11.1 Å². The van der Waals surface area contributed by atoms with Crippen molar-refractivity contribution < 1.29 is 8.42 Å². The minimum Gasteiger partial charge on any atom is -0.199 e. The predicted molar refractivity (Wildman–Crippen MR) is 84.7 cm³/mol. The lowest BCUT2D eigenvalue weighted by Gasteiger charge is -1.99. The summed E-state index contributed by atoms with van der Waals surface area (Å²) in [5, 5.41) is 0. The first-order valence-corrected chi connectivity index (χ1v) is 9.20. The van der Waals surface area contributed by atoms with Gasteiger partial charge in [0.1, 0.15) is 0 Å². The fourth-order valence-electron chi connectivity index (χ4n) is 1.49. The lowest BCUT2D eigenvalue weighted by atomic mass is 10.2. The van der Waals surface area contributed by atoms with Crippen molar-refractivity contribution >= 4 is 31.1 Å². The molecule has 5 heteroatoms. The second-order valence-electron chi connectivity index (χ2n) is 4.24. The Bertz CT molecular complexity index is 706. The molecule has 0 aliphatic rings. The second kappa shape index (κ2) is 5.92. The molecule has 0 bridgehead atoms. The Morgan fingerprint density at radius 3 is 2.26 bits per heavy atom. The Balaban J connectivity index is 2.29. The van der Waals surface area contributed by atoms with E-state index in [0.29, 0.717) is 0 Å². The zero-order chi connectivity index (χ0) is 13.9. The van der Waals surface area contributed by atoms with Crippen LogP contribution in [0.4, 0.5) is 0 Å². The molecule has 0 aliphatic heterocycles. The first-order chi connectivity index (χ1) is 8.97. The number of hydrogen-bond acceptors (Lipinski definition) is 2. The van der Waals surface area contributed by atoms with Gasteiger partial charge in [-0.1, -0.05) is 35.4 Å². The van der Waals surface area contributed by atoms with Crippen molar-refractivity contribution in [2.24, 2.45) is 2.55 Å². The summed E-state index contributed by atoms with van der Waals surface area (Å²) in [7, 11) is -3.51. The molecule has 0 amide bonds. The highest BCUT2D eigenvalue weighted by molar-refractivity contribution is 14.2. The van der Waals surface area contributed by atoms with Crippen LogP contribution in [0.15, 0.2) is 56.0 Å². The van der Waals surface area contributed by atoms with E-state index in [9.17, 15) is 8.42 Å². The highest BCUT2D eigenvalue weighted by atomic mass is 127. The summed E-state index contributed by atoms with van der Waals surface area (Å²) in [5.74, 6) is 0. The van der Waals surface area contributed by atoms with Gasteiger partial charge in [0, 0.05) is 24.6 Å². The van der Waals surface area contributed by atoms with Gasteiger partial charge < -0.3 is 0 Å². The lowest BCUT2D eigenvalue weighted by Crippen LogP contribution is -1.94. The maximum Gasteiger partial charge on any atom is 0.286 e. The van der Waals surface area contributed by atoms with Crippen LogP contribution < -0.4 is 0 Å². The summed E-state index contributed by atoms with van der Waals surface area (Å²) in [5.41, 5.74) is 2.16. The predicted octanol–water partition coefficient (Wildman–Crippen LogP) is 4.02. The Morgan fingerprint density at radius 1 is 0.947 bits per heavy atom. The third kappa shape index (κ3) is 3.94. The monoisotopic (exact) mass is 387 g/mol. The molecule has 0 spiro atoms. The second-order valence-corrected chi connectivity index (χ2v) is 8.71. The molecule has 0 heterocycles. The largest absolute Gasteiger partial charge is 0.286 e. The maximum atomic E-state index is 12.1. The van der Waals surface area contributed by atoms with E-state index in [-0.39, 0.29) is 4.90 Å². The third-order valence-electron chi connectivity index (χ3n) is 2.52. The molecule has 0 radical (unpaired) electrons. The summed E-state index contributed by atoms with van der Waals surface area (Å²) in [6.07, 6.45) is 0. The summed E-state index contributed by atoms with van der Waals surface area (Å²) >= 11 is -0.876. The Labute approximate surface area is 123 Å². The molecule has 2 rings (SSSR count). The molecule has 0 unspecified atom stereocenters. The summed E-state index contributed by atoms with van der Waals surface area (Å²) < 4.78 is 29.1. The number of halogens is 1. The normalized spacial score (nSPS) is 12.3. The quantitative estimate of drug-likeness (QED) is 0.747. The van der Waals surface area contributed by atoms with Crippen LogP contribution in [0.3, 0.4) is 0 Å². The van der Waals surface area contributed by atoms with Gasteiger partial charge >= 0.3 is 0 Å².